The van der Waals surface area contributed by atoms with Crippen LogP contribution in [0.25, 0.3) is 0 Å². The quantitative estimate of drug-likeness (QED) is 0.483. The summed E-state index contributed by atoms with van der Waals surface area (Å²) in [4.78, 5) is 0. The Balaban J connectivity index is 2.60. The Morgan fingerprint density at radius 3 is 2.38 bits per heavy atom. The fourth-order valence-electron chi connectivity index (χ4n) is 0.557. The summed E-state index contributed by atoms with van der Waals surface area (Å²) in [7, 11) is -0.646. The predicted molar refractivity (Wildman–Crippen MR) is 37.1 cm³/mol. The lowest BCUT2D eigenvalue weighted by Crippen LogP contribution is -1.72. The van der Waals surface area contributed by atoms with Crippen LogP contribution in [0.15, 0.2) is 11.3 Å². The van der Waals surface area contributed by atoms with Crippen LogP contribution in [0.1, 0.15) is 13.8 Å². The first-order valence-corrected chi connectivity index (χ1v) is 4.83. The van der Waals surface area contributed by atoms with Crippen LogP contribution in [0.5, 0.6) is 0 Å². The monoisotopic (exact) mass is 150 g/mol. The third-order valence-electron chi connectivity index (χ3n) is 1.20. The maximum atomic E-state index is 5.70. The highest BCUT2D eigenvalue weighted by molar-refractivity contribution is 7.80. The van der Waals surface area contributed by atoms with Gasteiger partial charge in [-0.1, -0.05) is 0 Å². The third-order valence-corrected chi connectivity index (χ3v) is 2.96. The molecule has 8 heavy (non-hydrogen) atoms. The van der Waals surface area contributed by atoms with E-state index in [0.717, 1.165) is 11.9 Å². The van der Waals surface area contributed by atoms with Gasteiger partial charge in [0, 0.05) is 6.16 Å². The topological polar surface area (TPSA) is 9.23 Å². The fourth-order valence-corrected chi connectivity index (χ4v) is 2.52. The molecule has 0 aromatic heterocycles. The van der Waals surface area contributed by atoms with Crippen molar-refractivity contribution in [3.8, 4) is 0 Å². The Morgan fingerprint density at radius 2 is 2.25 bits per heavy atom. The Bertz CT molecular complexity index is 118. The van der Waals surface area contributed by atoms with E-state index in [0.29, 0.717) is 0 Å². The van der Waals surface area contributed by atoms with Crippen LogP contribution in [0, 0.1) is 0 Å². The summed E-state index contributed by atoms with van der Waals surface area (Å²) in [6.07, 6.45) is 0.947. The predicted octanol–water partition coefficient (Wildman–Crippen LogP) is 2.86. The van der Waals surface area contributed by atoms with Gasteiger partial charge in [0.2, 0.25) is 0 Å². The standard InChI is InChI=1S/C5H8ClOP/c1-4-3-8(6)7-5(4)2/h3H2,1-2H3. The molecule has 1 atom stereocenters. The summed E-state index contributed by atoms with van der Waals surface area (Å²) < 4.78 is 5.18. The number of halogens is 1. The first-order chi connectivity index (χ1) is 3.70. The molecule has 0 saturated heterocycles. The van der Waals surface area contributed by atoms with Gasteiger partial charge in [-0.3, -0.25) is 0 Å². The van der Waals surface area contributed by atoms with Crippen LogP contribution in [0.3, 0.4) is 0 Å². The molecule has 0 radical (unpaired) electrons. The highest BCUT2D eigenvalue weighted by Gasteiger charge is 2.17. The third kappa shape index (κ3) is 1.15. The molecule has 0 saturated carbocycles. The van der Waals surface area contributed by atoms with Crippen molar-refractivity contribution in [3.63, 3.8) is 0 Å². The van der Waals surface area contributed by atoms with Crippen LogP contribution in [-0.4, -0.2) is 6.16 Å². The van der Waals surface area contributed by atoms with E-state index in [9.17, 15) is 0 Å². The van der Waals surface area contributed by atoms with Crippen molar-refractivity contribution in [2.45, 2.75) is 13.8 Å². The van der Waals surface area contributed by atoms with Crippen molar-refractivity contribution in [2.75, 3.05) is 6.16 Å². The summed E-state index contributed by atoms with van der Waals surface area (Å²) in [5.41, 5.74) is 1.30. The van der Waals surface area contributed by atoms with Crippen LogP contribution >= 0.6 is 18.7 Å². The minimum Gasteiger partial charge on any atom is -0.462 e. The largest absolute Gasteiger partial charge is 0.462 e. The molecular weight excluding hydrogens is 142 g/mol. The van der Waals surface area contributed by atoms with E-state index < -0.39 is 7.50 Å². The Morgan fingerprint density at radius 1 is 1.62 bits per heavy atom. The van der Waals surface area contributed by atoms with Crippen molar-refractivity contribution in [2.24, 2.45) is 0 Å². The zero-order valence-corrected chi connectivity index (χ0v) is 6.59. The van der Waals surface area contributed by atoms with Crippen molar-refractivity contribution in [3.05, 3.63) is 11.3 Å². The van der Waals surface area contributed by atoms with Crippen molar-refractivity contribution in [1.29, 1.82) is 0 Å². The van der Waals surface area contributed by atoms with Crippen LogP contribution in [0.2, 0.25) is 0 Å². The van der Waals surface area contributed by atoms with Crippen molar-refractivity contribution in [1.82, 2.24) is 0 Å². The Hall–Kier alpha value is 0.260. The lowest BCUT2D eigenvalue weighted by molar-refractivity contribution is 0.494. The molecule has 3 heteroatoms. The molecule has 1 aliphatic heterocycles. The number of allylic oxidation sites excluding steroid dienone is 2. The molecule has 46 valence electrons. The van der Waals surface area contributed by atoms with Gasteiger partial charge in [-0.25, -0.2) is 0 Å². The fraction of sp³-hybridized carbons (Fsp3) is 0.600. The average Bonchev–Trinajstić information content (AvgIpc) is 1.85. The van der Waals surface area contributed by atoms with E-state index >= 15 is 0 Å². The van der Waals surface area contributed by atoms with Gasteiger partial charge in [0.05, 0.1) is 5.76 Å². The lowest BCUT2D eigenvalue weighted by Gasteiger charge is -1.97. The number of hydrogen-bond acceptors (Lipinski definition) is 1. The van der Waals surface area contributed by atoms with Gasteiger partial charge in [-0.05, 0) is 30.7 Å². The van der Waals surface area contributed by atoms with E-state index in [1.165, 1.54) is 5.57 Å². The maximum absolute atomic E-state index is 5.70. The SMILES string of the molecule is CC1=C(C)OP(Cl)C1. The zero-order valence-electron chi connectivity index (χ0n) is 4.94. The van der Waals surface area contributed by atoms with Gasteiger partial charge in [0.15, 0.2) is 7.50 Å². The summed E-state index contributed by atoms with van der Waals surface area (Å²) in [6, 6.07) is 0. The van der Waals surface area contributed by atoms with E-state index in [4.69, 9.17) is 15.8 Å². The lowest BCUT2D eigenvalue weighted by atomic mass is 10.3. The molecule has 0 N–H and O–H groups in total. The van der Waals surface area contributed by atoms with Gasteiger partial charge in [-0.15, -0.1) is 0 Å². The second-order valence-corrected chi connectivity index (χ2v) is 4.17. The molecule has 0 spiro atoms. The average molecular weight is 151 g/mol. The molecule has 1 rings (SSSR count). The molecule has 0 aromatic carbocycles. The zero-order chi connectivity index (χ0) is 6.15. The summed E-state index contributed by atoms with van der Waals surface area (Å²) in [5, 5.41) is 0. The van der Waals surface area contributed by atoms with Crippen molar-refractivity contribution < 1.29 is 4.52 Å². The summed E-state index contributed by atoms with van der Waals surface area (Å²) >= 11 is 5.70. The highest BCUT2D eigenvalue weighted by atomic mass is 35.7. The molecule has 1 unspecified atom stereocenters. The number of hydrogen-bond donors (Lipinski definition) is 0. The maximum Gasteiger partial charge on any atom is 0.186 e. The van der Waals surface area contributed by atoms with Crippen molar-refractivity contribution >= 4 is 18.7 Å². The van der Waals surface area contributed by atoms with Crippen LogP contribution in [-0.2, 0) is 4.52 Å². The first-order valence-electron chi connectivity index (χ1n) is 2.48. The second-order valence-electron chi connectivity index (χ2n) is 1.90. The smallest absolute Gasteiger partial charge is 0.186 e. The molecule has 0 bridgehead atoms. The second kappa shape index (κ2) is 2.24. The van der Waals surface area contributed by atoms with Gasteiger partial charge in [0.1, 0.15) is 0 Å². The minimum atomic E-state index is -0.646. The first kappa shape index (κ1) is 6.38. The van der Waals surface area contributed by atoms with Crippen LogP contribution in [0.4, 0.5) is 0 Å². The molecule has 1 heterocycles. The highest BCUT2D eigenvalue weighted by Crippen LogP contribution is 2.51. The molecule has 1 aliphatic rings. The molecule has 1 nitrogen and oxygen atoms in total. The molecule has 0 fully saturated rings. The van der Waals surface area contributed by atoms with E-state index in [2.05, 4.69) is 6.92 Å². The van der Waals surface area contributed by atoms with E-state index in [-0.39, 0.29) is 0 Å². The van der Waals surface area contributed by atoms with Gasteiger partial charge >= 0.3 is 0 Å². The number of rotatable bonds is 0. The molecule has 0 amide bonds. The van der Waals surface area contributed by atoms with Gasteiger partial charge < -0.3 is 4.52 Å². The normalized spacial score (nSPS) is 28.6. The molecule has 0 aromatic rings. The summed E-state index contributed by atoms with van der Waals surface area (Å²) in [5.74, 6) is 1.02. The van der Waals surface area contributed by atoms with E-state index in [1.54, 1.807) is 0 Å². The minimum absolute atomic E-state index is 0.646. The Kier molecular flexibility index (Phi) is 1.79. The molecular formula is C5H8ClOP. The van der Waals surface area contributed by atoms with E-state index in [1.807, 2.05) is 6.92 Å². The van der Waals surface area contributed by atoms with Crippen LogP contribution < -0.4 is 0 Å². The summed E-state index contributed by atoms with van der Waals surface area (Å²) in [6.45, 7) is 4.01. The van der Waals surface area contributed by atoms with Gasteiger partial charge in [0.25, 0.3) is 0 Å². The Labute approximate surface area is 55.3 Å². The van der Waals surface area contributed by atoms with Gasteiger partial charge in [-0.2, -0.15) is 0 Å². The molecule has 0 aliphatic carbocycles.